The summed E-state index contributed by atoms with van der Waals surface area (Å²) in [6.07, 6.45) is 0.00231. The third-order valence-corrected chi connectivity index (χ3v) is 4.13. The fourth-order valence-corrected chi connectivity index (χ4v) is 2.85. The molecule has 1 fully saturated rings. The van der Waals surface area contributed by atoms with Crippen molar-refractivity contribution in [3.63, 3.8) is 0 Å². The Morgan fingerprint density at radius 3 is 2.92 bits per heavy atom. The average Bonchev–Trinajstić information content (AvgIpc) is 2.61. The van der Waals surface area contributed by atoms with Gasteiger partial charge < -0.3 is 5.32 Å². The van der Waals surface area contributed by atoms with Crippen molar-refractivity contribution in [3.8, 4) is 0 Å². The fraction of sp³-hybridized carbons (Fsp3) is 0.375. The zero-order valence-corrected chi connectivity index (χ0v) is 9.46. The Balaban J connectivity index is 2.21. The lowest BCUT2D eigenvalue weighted by molar-refractivity contribution is -0.118. The molecule has 2 heterocycles. The first-order valence-corrected chi connectivity index (χ1v) is 5.56. The zero-order valence-electron chi connectivity index (χ0n) is 7.06. The molecule has 5 heteroatoms. The Kier molecular flexibility index (Phi) is 2.40. The van der Waals surface area contributed by atoms with Crippen LogP contribution in [0.5, 0.6) is 0 Å². The molecule has 13 heavy (non-hydrogen) atoms. The molecule has 0 spiro atoms. The quantitative estimate of drug-likeness (QED) is 0.805. The highest BCUT2D eigenvalue weighted by molar-refractivity contribution is 9.11. The largest absolute Gasteiger partial charge is 0.335 e. The molecule has 0 radical (unpaired) electrons. The topological polar surface area (TPSA) is 41.1 Å². The van der Waals surface area contributed by atoms with Crippen LogP contribution in [0.25, 0.3) is 0 Å². The summed E-state index contributed by atoms with van der Waals surface area (Å²) in [5.74, 6) is 0.0622. The molecule has 0 aromatic carbocycles. The summed E-state index contributed by atoms with van der Waals surface area (Å²) in [5.41, 5.74) is 1.21. The zero-order chi connectivity index (χ0) is 9.42. The van der Waals surface area contributed by atoms with Crippen molar-refractivity contribution in [3.05, 3.63) is 20.3 Å². The van der Waals surface area contributed by atoms with Crippen molar-refractivity contribution < 1.29 is 4.79 Å². The molecule has 1 aliphatic heterocycles. The smallest absolute Gasteiger partial charge is 0.235 e. The first-order valence-electron chi connectivity index (χ1n) is 3.95. The van der Waals surface area contributed by atoms with E-state index in [0.717, 1.165) is 8.66 Å². The highest BCUT2D eigenvalue weighted by Gasteiger charge is 2.23. The Morgan fingerprint density at radius 1 is 1.69 bits per heavy atom. The number of halogens is 1. The van der Waals surface area contributed by atoms with Crippen molar-refractivity contribution >= 4 is 33.2 Å². The van der Waals surface area contributed by atoms with Gasteiger partial charge in [-0.05, 0) is 34.5 Å². The molecule has 1 amide bonds. The highest BCUT2D eigenvalue weighted by atomic mass is 79.9. The summed E-state index contributed by atoms with van der Waals surface area (Å²) in [5, 5.41) is 5.94. The number of hydrogen-bond donors (Lipinski definition) is 2. The summed E-state index contributed by atoms with van der Waals surface area (Å²) >= 11 is 5.11. The minimum Gasteiger partial charge on any atom is -0.335 e. The molecule has 1 aromatic rings. The van der Waals surface area contributed by atoms with Gasteiger partial charge >= 0.3 is 0 Å². The van der Waals surface area contributed by atoms with Crippen LogP contribution in [0, 0.1) is 6.92 Å². The fourth-order valence-electron chi connectivity index (χ4n) is 1.26. The van der Waals surface area contributed by atoms with E-state index in [-0.39, 0.29) is 12.1 Å². The number of aryl methyl sites for hydroxylation is 1. The van der Waals surface area contributed by atoms with Gasteiger partial charge in [0.1, 0.15) is 6.17 Å². The maximum absolute atomic E-state index is 10.9. The summed E-state index contributed by atoms with van der Waals surface area (Å²) in [7, 11) is 0. The molecule has 0 aliphatic carbocycles. The molecule has 2 N–H and O–H groups in total. The molecular weight excluding hydrogens is 252 g/mol. The van der Waals surface area contributed by atoms with Crippen LogP contribution in [-0.2, 0) is 4.79 Å². The van der Waals surface area contributed by atoms with Gasteiger partial charge in [0, 0.05) is 4.88 Å². The summed E-state index contributed by atoms with van der Waals surface area (Å²) in [6, 6.07) is 2.08. The van der Waals surface area contributed by atoms with E-state index in [1.54, 1.807) is 11.3 Å². The normalized spacial score (nSPS) is 22.0. The number of amides is 1. The molecule has 0 saturated carbocycles. The van der Waals surface area contributed by atoms with Crippen LogP contribution in [0.1, 0.15) is 16.6 Å². The van der Waals surface area contributed by atoms with E-state index in [1.807, 2.05) is 6.92 Å². The van der Waals surface area contributed by atoms with Crippen molar-refractivity contribution in [2.75, 3.05) is 6.54 Å². The minimum atomic E-state index is 0.00231. The van der Waals surface area contributed by atoms with Crippen molar-refractivity contribution in [2.24, 2.45) is 0 Å². The van der Waals surface area contributed by atoms with Crippen molar-refractivity contribution in [2.45, 2.75) is 13.1 Å². The monoisotopic (exact) mass is 260 g/mol. The summed E-state index contributed by atoms with van der Waals surface area (Å²) in [6.45, 7) is 2.46. The van der Waals surface area contributed by atoms with Gasteiger partial charge in [0.25, 0.3) is 0 Å². The van der Waals surface area contributed by atoms with E-state index in [1.165, 1.54) is 5.56 Å². The predicted molar refractivity (Wildman–Crippen MR) is 55.6 cm³/mol. The molecule has 1 saturated heterocycles. The van der Waals surface area contributed by atoms with E-state index in [0.29, 0.717) is 6.54 Å². The summed E-state index contributed by atoms with van der Waals surface area (Å²) < 4.78 is 1.13. The van der Waals surface area contributed by atoms with Crippen LogP contribution < -0.4 is 10.6 Å². The van der Waals surface area contributed by atoms with E-state index >= 15 is 0 Å². The minimum absolute atomic E-state index is 0.00231. The maximum Gasteiger partial charge on any atom is 0.235 e. The number of nitrogens with one attached hydrogen (secondary N) is 2. The Morgan fingerprint density at radius 2 is 2.46 bits per heavy atom. The van der Waals surface area contributed by atoms with Crippen molar-refractivity contribution in [1.82, 2.24) is 10.6 Å². The van der Waals surface area contributed by atoms with Gasteiger partial charge in [0.05, 0.1) is 10.3 Å². The molecular formula is C8H9BrN2OS. The molecule has 3 nitrogen and oxygen atoms in total. The lowest BCUT2D eigenvalue weighted by atomic mass is 10.3. The number of carbonyl (C=O) groups is 1. The Labute approximate surface area is 88.7 Å². The standard InChI is InChI=1S/C8H9BrN2OS/c1-4-2-5(13-7(4)9)8-10-3-6(12)11-8/h2,8,10H,3H2,1H3,(H,11,12). The number of rotatable bonds is 1. The van der Waals surface area contributed by atoms with E-state index in [9.17, 15) is 4.79 Å². The molecule has 0 bridgehead atoms. The van der Waals surface area contributed by atoms with Crippen LogP contribution in [0.3, 0.4) is 0 Å². The van der Waals surface area contributed by atoms with Crippen molar-refractivity contribution in [1.29, 1.82) is 0 Å². The molecule has 70 valence electrons. The van der Waals surface area contributed by atoms with Crippen LogP contribution in [0.2, 0.25) is 0 Å². The van der Waals surface area contributed by atoms with Crippen LogP contribution in [-0.4, -0.2) is 12.5 Å². The van der Waals surface area contributed by atoms with E-state index in [4.69, 9.17) is 0 Å². The van der Waals surface area contributed by atoms with Gasteiger partial charge in [-0.2, -0.15) is 0 Å². The highest BCUT2D eigenvalue weighted by Crippen LogP contribution is 2.31. The Bertz CT molecular complexity index is 330. The lowest BCUT2D eigenvalue weighted by Crippen LogP contribution is -2.21. The molecule has 1 atom stereocenters. The first kappa shape index (κ1) is 9.18. The SMILES string of the molecule is Cc1cc(C2NCC(=O)N2)sc1Br. The second-order valence-electron chi connectivity index (χ2n) is 2.99. The van der Waals surface area contributed by atoms with Gasteiger partial charge in [-0.15, -0.1) is 11.3 Å². The lowest BCUT2D eigenvalue weighted by Gasteiger charge is -2.06. The maximum atomic E-state index is 10.9. The van der Waals surface area contributed by atoms with E-state index in [2.05, 4.69) is 32.6 Å². The molecule has 1 aromatic heterocycles. The van der Waals surface area contributed by atoms with Crippen LogP contribution in [0.4, 0.5) is 0 Å². The molecule has 2 rings (SSSR count). The number of carbonyl (C=O) groups excluding carboxylic acids is 1. The van der Waals surface area contributed by atoms with E-state index < -0.39 is 0 Å². The number of hydrogen-bond acceptors (Lipinski definition) is 3. The average molecular weight is 261 g/mol. The van der Waals surface area contributed by atoms with Gasteiger partial charge in [-0.3, -0.25) is 10.1 Å². The Hall–Kier alpha value is -0.390. The summed E-state index contributed by atoms with van der Waals surface area (Å²) in [4.78, 5) is 12.1. The third-order valence-electron chi connectivity index (χ3n) is 1.93. The molecule has 1 unspecified atom stereocenters. The predicted octanol–water partition coefficient (Wildman–Crippen LogP) is 1.54. The number of thiophene rings is 1. The molecule has 1 aliphatic rings. The van der Waals surface area contributed by atoms with Gasteiger partial charge in [-0.25, -0.2) is 0 Å². The first-order chi connectivity index (χ1) is 6.16. The van der Waals surface area contributed by atoms with Gasteiger partial charge in [0.2, 0.25) is 5.91 Å². The van der Waals surface area contributed by atoms with Gasteiger partial charge in [-0.1, -0.05) is 0 Å². The second-order valence-corrected chi connectivity index (χ2v) is 5.39. The second kappa shape index (κ2) is 3.40. The van der Waals surface area contributed by atoms with Gasteiger partial charge in [0.15, 0.2) is 0 Å². The van der Waals surface area contributed by atoms with Crippen LogP contribution >= 0.6 is 27.3 Å². The third kappa shape index (κ3) is 1.77. The van der Waals surface area contributed by atoms with Crippen LogP contribution in [0.15, 0.2) is 9.85 Å².